The van der Waals surface area contributed by atoms with Crippen LogP contribution in [0.25, 0.3) is 10.8 Å². The average molecular weight is 250 g/mol. The maximum absolute atomic E-state index is 11.5. The van der Waals surface area contributed by atoms with Crippen molar-refractivity contribution in [3.63, 3.8) is 0 Å². The minimum atomic E-state index is 0.0642. The number of Topliss-reactive ketones (excluding diaryl/α,β-unsaturated/α-hetero) is 1. The third kappa shape index (κ3) is 1.55. The zero-order chi connectivity index (χ0) is 9.97. The molecule has 0 fully saturated rings. The van der Waals surface area contributed by atoms with Crippen LogP contribution in [0.5, 0.6) is 0 Å². The molecule has 0 bridgehead atoms. The summed E-state index contributed by atoms with van der Waals surface area (Å²) in [7, 11) is 0. The second-order valence-corrected chi connectivity index (χ2v) is 3.53. The summed E-state index contributed by atoms with van der Waals surface area (Å²) in [6.07, 6.45) is 3.38. The Morgan fingerprint density at radius 1 is 1.29 bits per heavy atom. The second kappa shape index (κ2) is 3.88. The zero-order valence-corrected chi connectivity index (χ0v) is 8.99. The third-order valence-corrected chi connectivity index (χ3v) is 2.60. The molecule has 3 heteroatoms. The monoisotopic (exact) mass is 249 g/mol. The van der Waals surface area contributed by atoms with Crippen molar-refractivity contribution in [2.75, 3.05) is 5.33 Å². The van der Waals surface area contributed by atoms with E-state index in [1.54, 1.807) is 12.4 Å². The number of halogens is 1. The molecule has 2 rings (SSSR count). The molecule has 70 valence electrons. The van der Waals surface area contributed by atoms with Gasteiger partial charge in [0.15, 0.2) is 5.78 Å². The SMILES string of the molecule is O=C(CBr)c1cncc2ccccc12. The molecule has 0 amide bonds. The average Bonchev–Trinajstić information content (AvgIpc) is 2.27. The van der Waals surface area contributed by atoms with Gasteiger partial charge in [-0.2, -0.15) is 0 Å². The number of alkyl halides is 1. The highest BCUT2D eigenvalue weighted by molar-refractivity contribution is 9.09. The standard InChI is InChI=1S/C11H8BrNO/c12-5-11(14)10-7-13-6-8-3-1-2-4-9(8)10/h1-4,6-7H,5H2. The highest BCUT2D eigenvalue weighted by Gasteiger charge is 2.07. The number of aromatic nitrogens is 1. The molecule has 1 aromatic carbocycles. The van der Waals surface area contributed by atoms with E-state index in [4.69, 9.17) is 0 Å². The van der Waals surface area contributed by atoms with Gasteiger partial charge >= 0.3 is 0 Å². The summed E-state index contributed by atoms with van der Waals surface area (Å²) in [5.41, 5.74) is 0.681. The number of carbonyl (C=O) groups is 1. The van der Waals surface area contributed by atoms with Crippen LogP contribution >= 0.6 is 15.9 Å². The third-order valence-electron chi connectivity index (χ3n) is 2.09. The molecule has 0 radical (unpaired) electrons. The van der Waals surface area contributed by atoms with Gasteiger partial charge in [-0.1, -0.05) is 40.2 Å². The molecule has 0 saturated carbocycles. The van der Waals surface area contributed by atoms with E-state index in [-0.39, 0.29) is 5.78 Å². The fourth-order valence-corrected chi connectivity index (χ4v) is 1.71. The van der Waals surface area contributed by atoms with Crippen LogP contribution in [-0.2, 0) is 0 Å². The highest BCUT2D eigenvalue weighted by atomic mass is 79.9. The second-order valence-electron chi connectivity index (χ2n) is 2.97. The molecule has 0 atom stereocenters. The van der Waals surface area contributed by atoms with Crippen LogP contribution in [0.3, 0.4) is 0 Å². The molecule has 0 aliphatic carbocycles. The molecule has 0 spiro atoms. The van der Waals surface area contributed by atoms with Crippen LogP contribution in [0.1, 0.15) is 10.4 Å². The summed E-state index contributed by atoms with van der Waals surface area (Å²) in [5.74, 6) is 0.0642. The van der Waals surface area contributed by atoms with E-state index < -0.39 is 0 Å². The lowest BCUT2D eigenvalue weighted by Gasteiger charge is -2.02. The smallest absolute Gasteiger partial charge is 0.175 e. The van der Waals surface area contributed by atoms with Crippen LogP contribution in [0.4, 0.5) is 0 Å². The first-order valence-corrected chi connectivity index (χ1v) is 5.37. The summed E-state index contributed by atoms with van der Waals surface area (Å²) < 4.78 is 0. The molecule has 0 saturated heterocycles. The van der Waals surface area contributed by atoms with Gasteiger partial charge in [0.2, 0.25) is 0 Å². The molecule has 0 aliphatic rings. The topological polar surface area (TPSA) is 30.0 Å². The Hall–Kier alpha value is -1.22. The van der Waals surface area contributed by atoms with Crippen molar-refractivity contribution >= 4 is 32.5 Å². The molecule has 1 aromatic heterocycles. The quantitative estimate of drug-likeness (QED) is 0.606. The van der Waals surface area contributed by atoms with E-state index in [0.717, 1.165) is 10.8 Å². The van der Waals surface area contributed by atoms with E-state index in [2.05, 4.69) is 20.9 Å². The van der Waals surface area contributed by atoms with E-state index in [1.807, 2.05) is 24.3 Å². The summed E-state index contributed by atoms with van der Waals surface area (Å²) in [6, 6.07) is 7.75. The number of ketones is 1. The van der Waals surface area contributed by atoms with E-state index in [0.29, 0.717) is 10.9 Å². The van der Waals surface area contributed by atoms with Crippen molar-refractivity contribution in [1.29, 1.82) is 0 Å². The van der Waals surface area contributed by atoms with Crippen molar-refractivity contribution in [1.82, 2.24) is 4.98 Å². The van der Waals surface area contributed by atoms with Gasteiger partial charge < -0.3 is 0 Å². The van der Waals surface area contributed by atoms with Gasteiger partial charge in [-0.25, -0.2) is 0 Å². The van der Waals surface area contributed by atoms with Gasteiger partial charge in [0.1, 0.15) is 0 Å². The summed E-state index contributed by atoms with van der Waals surface area (Å²) >= 11 is 3.16. The fourth-order valence-electron chi connectivity index (χ4n) is 1.41. The van der Waals surface area contributed by atoms with Gasteiger partial charge in [0, 0.05) is 23.3 Å². The predicted molar refractivity (Wildman–Crippen MR) is 59.9 cm³/mol. The largest absolute Gasteiger partial charge is 0.293 e. The Bertz CT molecular complexity index is 476. The zero-order valence-electron chi connectivity index (χ0n) is 7.40. The molecule has 0 N–H and O–H groups in total. The Balaban J connectivity index is 2.71. The Morgan fingerprint density at radius 2 is 2.07 bits per heavy atom. The van der Waals surface area contributed by atoms with Crippen LogP contribution in [0.15, 0.2) is 36.7 Å². The van der Waals surface area contributed by atoms with Crippen molar-refractivity contribution in [2.24, 2.45) is 0 Å². The normalized spacial score (nSPS) is 10.4. The van der Waals surface area contributed by atoms with Crippen LogP contribution < -0.4 is 0 Å². The maximum Gasteiger partial charge on any atom is 0.175 e. The van der Waals surface area contributed by atoms with Crippen molar-refractivity contribution in [3.05, 3.63) is 42.2 Å². The first-order valence-electron chi connectivity index (χ1n) is 4.25. The molecule has 14 heavy (non-hydrogen) atoms. The lowest BCUT2D eigenvalue weighted by molar-refractivity contribution is 0.102. The molecule has 0 aliphatic heterocycles. The van der Waals surface area contributed by atoms with Gasteiger partial charge in [-0.3, -0.25) is 9.78 Å². The van der Waals surface area contributed by atoms with Crippen molar-refractivity contribution < 1.29 is 4.79 Å². The molecule has 2 aromatic rings. The van der Waals surface area contributed by atoms with Gasteiger partial charge in [0.25, 0.3) is 0 Å². The Kier molecular flexibility index (Phi) is 2.59. The Labute approximate surface area is 90.1 Å². The number of benzene rings is 1. The minimum Gasteiger partial charge on any atom is -0.293 e. The van der Waals surface area contributed by atoms with Crippen LogP contribution in [0, 0.1) is 0 Å². The molecule has 1 heterocycles. The lowest BCUT2D eigenvalue weighted by atomic mass is 10.1. The van der Waals surface area contributed by atoms with Gasteiger partial charge in [-0.15, -0.1) is 0 Å². The van der Waals surface area contributed by atoms with E-state index in [1.165, 1.54) is 0 Å². The van der Waals surface area contributed by atoms with Crippen LogP contribution in [0.2, 0.25) is 0 Å². The number of fused-ring (bicyclic) bond motifs is 1. The molecular weight excluding hydrogens is 242 g/mol. The Morgan fingerprint density at radius 3 is 2.86 bits per heavy atom. The van der Waals surface area contributed by atoms with Gasteiger partial charge in [0.05, 0.1) is 5.33 Å². The number of pyridine rings is 1. The molecular formula is C11H8BrNO. The summed E-state index contributed by atoms with van der Waals surface area (Å²) in [4.78, 5) is 15.6. The molecule has 2 nitrogen and oxygen atoms in total. The summed E-state index contributed by atoms with van der Waals surface area (Å²) in [6.45, 7) is 0. The number of rotatable bonds is 2. The van der Waals surface area contributed by atoms with Gasteiger partial charge in [-0.05, 0) is 5.39 Å². The number of hydrogen-bond acceptors (Lipinski definition) is 2. The lowest BCUT2D eigenvalue weighted by Crippen LogP contribution is -2.01. The number of hydrogen-bond donors (Lipinski definition) is 0. The highest BCUT2D eigenvalue weighted by Crippen LogP contribution is 2.17. The molecule has 0 unspecified atom stereocenters. The fraction of sp³-hybridized carbons (Fsp3) is 0.0909. The number of nitrogens with zero attached hydrogens (tertiary/aromatic N) is 1. The first kappa shape index (κ1) is 9.34. The minimum absolute atomic E-state index is 0.0642. The predicted octanol–water partition coefficient (Wildman–Crippen LogP) is 2.81. The first-order chi connectivity index (χ1) is 6.83. The van der Waals surface area contributed by atoms with Crippen molar-refractivity contribution in [3.8, 4) is 0 Å². The maximum atomic E-state index is 11.5. The number of carbonyl (C=O) groups excluding carboxylic acids is 1. The van der Waals surface area contributed by atoms with E-state index >= 15 is 0 Å². The summed E-state index contributed by atoms with van der Waals surface area (Å²) in [5, 5.41) is 2.30. The van der Waals surface area contributed by atoms with E-state index in [9.17, 15) is 4.79 Å². The van der Waals surface area contributed by atoms with Crippen molar-refractivity contribution in [2.45, 2.75) is 0 Å². The van der Waals surface area contributed by atoms with Crippen LogP contribution in [-0.4, -0.2) is 16.1 Å².